The number of oxime groups is 1. The van der Waals surface area contributed by atoms with E-state index in [1.807, 2.05) is 19.1 Å². The molecular formula is C15H23N3O2. The summed E-state index contributed by atoms with van der Waals surface area (Å²) in [4.78, 5) is 2.30. The topological polar surface area (TPSA) is 71.1 Å². The number of likely N-dealkylation sites (N-methyl/N-ethyl adjacent to an activating group) is 1. The maximum absolute atomic E-state index is 8.76. The highest BCUT2D eigenvalue weighted by atomic mass is 16.5. The predicted molar refractivity (Wildman–Crippen MR) is 80.6 cm³/mol. The fourth-order valence-corrected chi connectivity index (χ4v) is 2.64. The number of hydrogen-bond donors (Lipinski definition) is 2. The van der Waals surface area contributed by atoms with Gasteiger partial charge in [0.15, 0.2) is 5.84 Å². The Hall–Kier alpha value is -1.75. The molecule has 0 spiro atoms. The Morgan fingerprint density at radius 2 is 2.35 bits per heavy atom. The van der Waals surface area contributed by atoms with Crippen molar-refractivity contribution in [1.82, 2.24) is 0 Å². The van der Waals surface area contributed by atoms with E-state index >= 15 is 0 Å². The Balaban J connectivity index is 2.15. The Morgan fingerprint density at radius 1 is 1.55 bits per heavy atom. The minimum absolute atomic E-state index is 0.149. The maximum atomic E-state index is 8.76. The number of ether oxygens (including phenoxy) is 1. The first kappa shape index (κ1) is 14.7. The molecule has 1 aromatic rings. The Bertz CT molecular complexity index is 482. The van der Waals surface area contributed by atoms with Gasteiger partial charge in [-0.2, -0.15) is 0 Å². The van der Waals surface area contributed by atoms with Crippen molar-refractivity contribution in [3.63, 3.8) is 0 Å². The van der Waals surface area contributed by atoms with E-state index in [1.165, 1.54) is 0 Å². The molecule has 3 N–H and O–H groups in total. The summed E-state index contributed by atoms with van der Waals surface area (Å²) < 4.78 is 5.70. The summed E-state index contributed by atoms with van der Waals surface area (Å²) in [5.41, 5.74) is 8.57. The standard InChI is InChI=1S/C15H23N3O2/c1-3-18(10-13-5-4-8-20-13)12-6-7-14(11(2)9-12)15(16)17-19/h6-7,9,13,19H,3-5,8,10H2,1-2H3,(H2,16,17). The van der Waals surface area contributed by atoms with Gasteiger partial charge in [-0.15, -0.1) is 0 Å². The van der Waals surface area contributed by atoms with Gasteiger partial charge in [-0.1, -0.05) is 5.16 Å². The van der Waals surface area contributed by atoms with Crippen LogP contribution < -0.4 is 10.6 Å². The highest BCUT2D eigenvalue weighted by Crippen LogP contribution is 2.22. The molecule has 1 aliphatic rings. The van der Waals surface area contributed by atoms with Crippen molar-refractivity contribution in [2.45, 2.75) is 32.8 Å². The first-order chi connectivity index (χ1) is 9.65. The van der Waals surface area contributed by atoms with Gasteiger partial charge in [-0.25, -0.2) is 0 Å². The smallest absolute Gasteiger partial charge is 0.170 e. The summed E-state index contributed by atoms with van der Waals surface area (Å²) in [6.45, 7) is 6.84. The molecule has 1 fully saturated rings. The van der Waals surface area contributed by atoms with Crippen molar-refractivity contribution in [1.29, 1.82) is 0 Å². The largest absolute Gasteiger partial charge is 0.409 e. The number of anilines is 1. The zero-order chi connectivity index (χ0) is 14.5. The van der Waals surface area contributed by atoms with Crippen molar-refractivity contribution in [3.8, 4) is 0 Å². The normalized spacial score (nSPS) is 19.3. The number of nitrogens with two attached hydrogens (primary N) is 1. The molecule has 0 bridgehead atoms. The van der Waals surface area contributed by atoms with Crippen LogP contribution >= 0.6 is 0 Å². The molecule has 1 aromatic carbocycles. The zero-order valence-corrected chi connectivity index (χ0v) is 12.2. The van der Waals surface area contributed by atoms with Crippen molar-refractivity contribution in [2.24, 2.45) is 10.9 Å². The molecule has 1 saturated heterocycles. The van der Waals surface area contributed by atoms with E-state index < -0.39 is 0 Å². The van der Waals surface area contributed by atoms with Crippen LogP contribution in [0.15, 0.2) is 23.4 Å². The van der Waals surface area contributed by atoms with Crippen molar-refractivity contribution in [3.05, 3.63) is 29.3 Å². The lowest BCUT2D eigenvalue weighted by Gasteiger charge is -2.26. The SMILES string of the molecule is CCN(CC1CCCO1)c1ccc(/C(N)=N/O)c(C)c1. The summed E-state index contributed by atoms with van der Waals surface area (Å²) >= 11 is 0. The van der Waals surface area contributed by atoms with Gasteiger partial charge in [0.25, 0.3) is 0 Å². The van der Waals surface area contributed by atoms with Gasteiger partial charge in [0.1, 0.15) is 0 Å². The van der Waals surface area contributed by atoms with Crippen LogP contribution in [-0.2, 0) is 4.74 Å². The molecule has 5 heteroatoms. The van der Waals surface area contributed by atoms with Gasteiger partial charge in [-0.3, -0.25) is 0 Å². The third-order valence-corrected chi connectivity index (χ3v) is 3.79. The summed E-state index contributed by atoms with van der Waals surface area (Å²) in [7, 11) is 0. The second-order valence-electron chi connectivity index (χ2n) is 5.16. The molecule has 1 heterocycles. The first-order valence-electron chi connectivity index (χ1n) is 7.10. The van der Waals surface area contributed by atoms with Crippen molar-refractivity contribution < 1.29 is 9.94 Å². The summed E-state index contributed by atoms with van der Waals surface area (Å²) in [6, 6.07) is 5.99. The molecular weight excluding hydrogens is 254 g/mol. The van der Waals surface area contributed by atoms with E-state index in [0.717, 1.165) is 49.4 Å². The Kier molecular flexibility index (Phi) is 4.84. The van der Waals surface area contributed by atoms with Gasteiger partial charge in [0.05, 0.1) is 6.10 Å². The average Bonchev–Trinajstić information content (AvgIpc) is 2.96. The lowest BCUT2D eigenvalue weighted by molar-refractivity contribution is 0.115. The third-order valence-electron chi connectivity index (χ3n) is 3.79. The molecule has 1 aliphatic heterocycles. The molecule has 0 aromatic heterocycles. The fraction of sp³-hybridized carbons (Fsp3) is 0.533. The number of rotatable bonds is 5. The number of nitrogens with zero attached hydrogens (tertiary/aromatic N) is 2. The highest BCUT2D eigenvalue weighted by molar-refractivity contribution is 5.98. The molecule has 1 atom stereocenters. The minimum atomic E-state index is 0.149. The zero-order valence-electron chi connectivity index (χ0n) is 12.2. The highest BCUT2D eigenvalue weighted by Gasteiger charge is 2.19. The van der Waals surface area contributed by atoms with Gasteiger partial charge in [0.2, 0.25) is 0 Å². The van der Waals surface area contributed by atoms with Crippen LogP contribution in [0.3, 0.4) is 0 Å². The van der Waals surface area contributed by atoms with E-state index in [-0.39, 0.29) is 5.84 Å². The Morgan fingerprint density at radius 3 is 2.90 bits per heavy atom. The second-order valence-corrected chi connectivity index (χ2v) is 5.16. The lowest BCUT2D eigenvalue weighted by atomic mass is 10.1. The van der Waals surface area contributed by atoms with Crippen LogP contribution in [0.2, 0.25) is 0 Å². The Labute approximate surface area is 120 Å². The quantitative estimate of drug-likeness (QED) is 0.374. The van der Waals surface area contributed by atoms with Gasteiger partial charge >= 0.3 is 0 Å². The van der Waals surface area contributed by atoms with Crippen LogP contribution in [0.5, 0.6) is 0 Å². The number of amidine groups is 1. The van der Waals surface area contributed by atoms with Gasteiger partial charge < -0.3 is 20.6 Å². The molecule has 2 rings (SSSR count). The molecule has 5 nitrogen and oxygen atoms in total. The second kappa shape index (κ2) is 6.61. The number of aryl methyl sites for hydroxylation is 1. The molecule has 20 heavy (non-hydrogen) atoms. The van der Waals surface area contributed by atoms with E-state index in [2.05, 4.69) is 23.0 Å². The molecule has 0 saturated carbocycles. The van der Waals surface area contributed by atoms with E-state index in [0.29, 0.717) is 6.10 Å². The number of benzene rings is 1. The van der Waals surface area contributed by atoms with Crippen LogP contribution in [0.25, 0.3) is 0 Å². The third kappa shape index (κ3) is 3.22. The fourth-order valence-electron chi connectivity index (χ4n) is 2.64. The van der Waals surface area contributed by atoms with Crippen LogP contribution in [0, 0.1) is 6.92 Å². The van der Waals surface area contributed by atoms with Crippen LogP contribution in [0.4, 0.5) is 5.69 Å². The van der Waals surface area contributed by atoms with Crippen LogP contribution in [0.1, 0.15) is 30.9 Å². The molecule has 0 amide bonds. The molecule has 0 aliphatic carbocycles. The van der Waals surface area contributed by atoms with Crippen molar-refractivity contribution in [2.75, 3.05) is 24.6 Å². The van der Waals surface area contributed by atoms with Gasteiger partial charge in [-0.05, 0) is 50.5 Å². The van der Waals surface area contributed by atoms with Crippen molar-refractivity contribution >= 4 is 11.5 Å². The minimum Gasteiger partial charge on any atom is -0.409 e. The monoisotopic (exact) mass is 277 g/mol. The first-order valence-corrected chi connectivity index (χ1v) is 7.10. The van der Waals surface area contributed by atoms with E-state index in [4.69, 9.17) is 15.7 Å². The molecule has 1 unspecified atom stereocenters. The molecule has 110 valence electrons. The summed E-state index contributed by atoms with van der Waals surface area (Å²) in [5, 5.41) is 11.8. The lowest BCUT2D eigenvalue weighted by Crippen LogP contribution is -2.32. The summed E-state index contributed by atoms with van der Waals surface area (Å²) in [6.07, 6.45) is 2.63. The van der Waals surface area contributed by atoms with E-state index in [9.17, 15) is 0 Å². The predicted octanol–water partition coefficient (Wildman–Crippen LogP) is 2.09. The molecule has 0 radical (unpaired) electrons. The van der Waals surface area contributed by atoms with E-state index in [1.54, 1.807) is 0 Å². The summed E-state index contributed by atoms with van der Waals surface area (Å²) in [5.74, 6) is 0.149. The van der Waals surface area contributed by atoms with Gasteiger partial charge in [0, 0.05) is 30.9 Å². The maximum Gasteiger partial charge on any atom is 0.170 e. The number of hydrogen-bond acceptors (Lipinski definition) is 4. The average molecular weight is 277 g/mol. The van der Waals surface area contributed by atoms with Crippen LogP contribution in [-0.4, -0.2) is 36.8 Å².